The molecule has 3 N–H and O–H groups in total. The van der Waals surface area contributed by atoms with Crippen LogP contribution in [0.1, 0.15) is 6.92 Å². The third kappa shape index (κ3) is 3.19. The normalized spacial score (nSPS) is 11.7. The number of nitrogens with one attached hydrogen (secondary N) is 1. The van der Waals surface area contributed by atoms with Gasteiger partial charge < -0.3 is 15.5 Å². The lowest BCUT2D eigenvalue weighted by Gasteiger charge is -2.04. The van der Waals surface area contributed by atoms with E-state index in [0.29, 0.717) is 0 Å². The second kappa shape index (κ2) is 3.55. The van der Waals surface area contributed by atoms with Crippen LogP contribution in [0.4, 0.5) is 0 Å². The van der Waals surface area contributed by atoms with Crippen LogP contribution in [0, 0.1) is 0 Å². The maximum absolute atomic E-state index is 10.3. The highest BCUT2D eigenvalue weighted by atomic mass is 16.4. The molecule has 0 fully saturated rings. The van der Waals surface area contributed by atoms with Crippen molar-refractivity contribution in [2.45, 2.75) is 13.0 Å². The van der Waals surface area contributed by atoms with E-state index in [1.807, 2.05) is 0 Å². The molecule has 62 valence electrons. The van der Waals surface area contributed by atoms with Gasteiger partial charge in [0.05, 0.1) is 0 Å². The van der Waals surface area contributed by atoms with E-state index in [-0.39, 0.29) is 0 Å². The summed E-state index contributed by atoms with van der Waals surface area (Å²) in [7, 11) is 0. The number of hydrogen-bond acceptors (Lipinski definition) is 3. The molecule has 11 heavy (non-hydrogen) atoms. The van der Waals surface area contributed by atoms with Gasteiger partial charge in [-0.3, -0.25) is 9.59 Å². The maximum Gasteiger partial charge on any atom is 0.394 e. The summed E-state index contributed by atoms with van der Waals surface area (Å²) in [5.74, 6) is -4.29. The molecule has 0 aliphatic carbocycles. The standard InChI is InChI=1S/C5H7NO5/c1-2(4(8)9)6-3(7)5(10)11/h2H,1H3,(H,6,7)(H,8,9)(H,10,11)/t2-/m0/s1. The van der Waals surface area contributed by atoms with Crippen molar-refractivity contribution in [2.24, 2.45) is 0 Å². The van der Waals surface area contributed by atoms with E-state index < -0.39 is 23.9 Å². The van der Waals surface area contributed by atoms with Crippen LogP contribution in [-0.4, -0.2) is 34.1 Å². The van der Waals surface area contributed by atoms with Crippen LogP contribution >= 0.6 is 0 Å². The average molecular weight is 161 g/mol. The summed E-state index contributed by atoms with van der Waals surface area (Å²) < 4.78 is 0. The summed E-state index contributed by atoms with van der Waals surface area (Å²) in [6.07, 6.45) is 0. The first-order valence-corrected chi connectivity index (χ1v) is 2.71. The van der Waals surface area contributed by atoms with Crippen molar-refractivity contribution in [3.05, 3.63) is 0 Å². The van der Waals surface area contributed by atoms with Crippen LogP contribution in [-0.2, 0) is 14.4 Å². The highest BCUT2D eigenvalue weighted by Gasteiger charge is 2.18. The molecule has 0 radical (unpaired) electrons. The number of rotatable bonds is 2. The Morgan fingerprint density at radius 2 is 1.73 bits per heavy atom. The zero-order valence-electron chi connectivity index (χ0n) is 5.70. The Bertz CT molecular complexity index is 199. The average Bonchev–Trinajstić information content (AvgIpc) is 1.87. The Hall–Kier alpha value is -1.59. The molecule has 0 aliphatic heterocycles. The molecule has 0 aromatic carbocycles. The van der Waals surface area contributed by atoms with E-state index in [1.54, 1.807) is 5.32 Å². The summed E-state index contributed by atoms with van der Waals surface area (Å²) in [6, 6.07) is -1.18. The second-order valence-corrected chi connectivity index (χ2v) is 1.84. The summed E-state index contributed by atoms with van der Waals surface area (Å²) in [6.45, 7) is 1.17. The molecule has 0 heterocycles. The molecule has 0 unspecified atom stereocenters. The monoisotopic (exact) mass is 161 g/mol. The van der Waals surface area contributed by atoms with E-state index in [2.05, 4.69) is 0 Å². The van der Waals surface area contributed by atoms with Crippen LogP contribution in [0.3, 0.4) is 0 Å². The molecule has 0 spiro atoms. The number of amides is 1. The predicted octanol–water partition coefficient (Wildman–Crippen LogP) is -1.34. The number of carboxylic acid groups (broad SMARTS) is 2. The van der Waals surface area contributed by atoms with Gasteiger partial charge in [-0.05, 0) is 6.92 Å². The Morgan fingerprint density at radius 3 is 2.00 bits per heavy atom. The number of carboxylic acids is 2. The summed E-state index contributed by atoms with van der Waals surface area (Å²) in [4.78, 5) is 30.2. The van der Waals surface area contributed by atoms with Gasteiger partial charge in [0.1, 0.15) is 6.04 Å². The van der Waals surface area contributed by atoms with Crippen molar-refractivity contribution in [1.82, 2.24) is 5.32 Å². The number of carbonyl (C=O) groups excluding carboxylic acids is 1. The van der Waals surface area contributed by atoms with E-state index in [9.17, 15) is 14.4 Å². The van der Waals surface area contributed by atoms with E-state index in [4.69, 9.17) is 10.2 Å². The molecule has 6 heteroatoms. The molecule has 0 rings (SSSR count). The third-order valence-corrected chi connectivity index (χ3v) is 0.912. The second-order valence-electron chi connectivity index (χ2n) is 1.84. The summed E-state index contributed by atoms with van der Waals surface area (Å²) in [5, 5.41) is 18.0. The van der Waals surface area contributed by atoms with Gasteiger partial charge >= 0.3 is 17.8 Å². The molecule has 0 saturated heterocycles. The van der Waals surface area contributed by atoms with Crippen molar-refractivity contribution in [1.29, 1.82) is 0 Å². The van der Waals surface area contributed by atoms with E-state index in [1.165, 1.54) is 6.92 Å². The molecule has 0 aromatic rings. The van der Waals surface area contributed by atoms with Gasteiger partial charge in [0.15, 0.2) is 0 Å². The lowest BCUT2D eigenvalue weighted by molar-refractivity contribution is -0.151. The highest BCUT2D eigenvalue weighted by Crippen LogP contribution is 1.80. The summed E-state index contributed by atoms with van der Waals surface area (Å²) in [5.41, 5.74) is 0. The van der Waals surface area contributed by atoms with E-state index in [0.717, 1.165) is 0 Å². The minimum absolute atomic E-state index is 1.17. The number of carbonyl (C=O) groups is 3. The van der Waals surface area contributed by atoms with Crippen molar-refractivity contribution >= 4 is 17.8 Å². The first kappa shape index (κ1) is 9.41. The van der Waals surface area contributed by atoms with Crippen LogP contribution in [0.25, 0.3) is 0 Å². The number of hydrogen-bond donors (Lipinski definition) is 3. The van der Waals surface area contributed by atoms with Crippen LogP contribution < -0.4 is 5.32 Å². The minimum Gasteiger partial charge on any atom is -0.480 e. The zero-order valence-corrected chi connectivity index (χ0v) is 5.70. The number of aliphatic carboxylic acids is 2. The molecular formula is C5H7NO5. The van der Waals surface area contributed by atoms with Crippen LogP contribution in [0.5, 0.6) is 0 Å². The van der Waals surface area contributed by atoms with E-state index >= 15 is 0 Å². The van der Waals surface area contributed by atoms with Gasteiger partial charge in [-0.1, -0.05) is 0 Å². The fourth-order valence-electron chi connectivity index (χ4n) is 0.320. The Kier molecular flexibility index (Phi) is 3.03. The molecule has 6 nitrogen and oxygen atoms in total. The van der Waals surface area contributed by atoms with Crippen molar-refractivity contribution in [3.63, 3.8) is 0 Å². The van der Waals surface area contributed by atoms with Crippen LogP contribution in [0.15, 0.2) is 0 Å². The lowest BCUT2D eigenvalue weighted by Crippen LogP contribution is -2.41. The van der Waals surface area contributed by atoms with Gasteiger partial charge in [0.25, 0.3) is 0 Å². The van der Waals surface area contributed by atoms with Crippen LogP contribution in [0.2, 0.25) is 0 Å². The van der Waals surface area contributed by atoms with Gasteiger partial charge in [0.2, 0.25) is 0 Å². The van der Waals surface area contributed by atoms with Crippen molar-refractivity contribution in [2.75, 3.05) is 0 Å². The molecule has 1 amide bonds. The lowest BCUT2D eigenvalue weighted by atomic mass is 10.3. The topological polar surface area (TPSA) is 104 Å². The maximum atomic E-state index is 10.3. The van der Waals surface area contributed by atoms with Crippen molar-refractivity contribution < 1.29 is 24.6 Å². The molecule has 0 aliphatic rings. The molecule has 0 bridgehead atoms. The van der Waals surface area contributed by atoms with Gasteiger partial charge in [-0.2, -0.15) is 0 Å². The highest BCUT2D eigenvalue weighted by molar-refractivity contribution is 6.31. The van der Waals surface area contributed by atoms with Gasteiger partial charge in [0, 0.05) is 0 Å². The summed E-state index contributed by atoms with van der Waals surface area (Å²) >= 11 is 0. The molecule has 0 saturated carbocycles. The fraction of sp³-hybridized carbons (Fsp3) is 0.400. The SMILES string of the molecule is C[C@H](NC(=O)C(=O)O)C(=O)O. The minimum atomic E-state index is -1.70. The zero-order chi connectivity index (χ0) is 9.02. The molecule has 1 atom stereocenters. The van der Waals surface area contributed by atoms with Gasteiger partial charge in [-0.15, -0.1) is 0 Å². The quantitative estimate of drug-likeness (QED) is 0.435. The first-order valence-electron chi connectivity index (χ1n) is 2.71. The van der Waals surface area contributed by atoms with Crippen molar-refractivity contribution in [3.8, 4) is 0 Å². The molecule has 0 aromatic heterocycles. The third-order valence-electron chi connectivity index (χ3n) is 0.912. The van der Waals surface area contributed by atoms with Gasteiger partial charge in [-0.25, -0.2) is 4.79 Å². The largest absolute Gasteiger partial charge is 0.480 e. The predicted molar refractivity (Wildman–Crippen MR) is 32.9 cm³/mol. The fourth-order valence-corrected chi connectivity index (χ4v) is 0.320. The molecular weight excluding hydrogens is 154 g/mol. The Balaban J connectivity index is 3.95. The first-order chi connectivity index (χ1) is 4.95. The Morgan fingerprint density at radius 1 is 1.27 bits per heavy atom. The Labute approximate surface area is 61.8 Å². The smallest absolute Gasteiger partial charge is 0.394 e.